The molecule has 17 heavy (non-hydrogen) atoms. The molecule has 0 bridgehead atoms. The number of nitrogens with two attached hydrogens (primary N) is 1. The summed E-state index contributed by atoms with van der Waals surface area (Å²) >= 11 is 0. The summed E-state index contributed by atoms with van der Waals surface area (Å²) in [6, 6.07) is 9.77. The summed E-state index contributed by atoms with van der Waals surface area (Å²) in [5.74, 6) is 1.64. The Bertz CT molecular complexity index is 624. The Labute approximate surface area is 96.9 Å². The molecule has 0 spiro atoms. The average molecular weight is 226 g/mol. The lowest BCUT2D eigenvalue weighted by molar-refractivity contribution is 1.10. The lowest BCUT2D eigenvalue weighted by atomic mass is 10.2. The number of hydrogen-bond donors (Lipinski definition) is 3. The molecule has 0 saturated carbocycles. The minimum Gasteiger partial charge on any atom is -0.382 e. The van der Waals surface area contributed by atoms with E-state index in [1.165, 1.54) is 0 Å². The van der Waals surface area contributed by atoms with E-state index in [1.54, 1.807) is 6.20 Å². The van der Waals surface area contributed by atoms with Crippen LogP contribution in [0.5, 0.6) is 0 Å². The first-order valence-electron chi connectivity index (χ1n) is 5.12. The van der Waals surface area contributed by atoms with Crippen LogP contribution >= 0.6 is 0 Å². The molecule has 4 N–H and O–H groups in total. The zero-order valence-electron chi connectivity index (χ0n) is 8.88. The third-order valence-corrected chi connectivity index (χ3v) is 2.44. The van der Waals surface area contributed by atoms with E-state index < -0.39 is 0 Å². The van der Waals surface area contributed by atoms with Gasteiger partial charge in [-0.15, -0.1) is 0 Å². The molecule has 0 radical (unpaired) electrons. The molecule has 84 valence electrons. The summed E-state index contributed by atoms with van der Waals surface area (Å²) in [7, 11) is 0. The molecule has 3 rings (SSSR count). The lowest BCUT2D eigenvalue weighted by Gasteiger charge is -1.92. The largest absolute Gasteiger partial charge is 0.382 e. The number of nitrogen functional groups attached to an aromatic ring is 1. The highest BCUT2D eigenvalue weighted by Crippen LogP contribution is 2.22. The van der Waals surface area contributed by atoms with E-state index in [0.717, 1.165) is 5.56 Å². The van der Waals surface area contributed by atoms with Crippen molar-refractivity contribution in [3.8, 4) is 22.8 Å². The van der Waals surface area contributed by atoms with Gasteiger partial charge in [-0.25, -0.2) is 4.98 Å². The van der Waals surface area contributed by atoms with E-state index in [-0.39, 0.29) is 0 Å². The molecule has 0 unspecified atom stereocenters. The monoisotopic (exact) mass is 226 g/mol. The number of rotatable bonds is 2. The van der Waals surface area contributed by atoms with Crippen LogP contribution in [-0.2, 0) is 0 Å². The number of anilines is 1. The number of aromatic nitrogens is 5. The number of nitrogens with one attached hydrogen (secondary N) is 2. The van der Waals surface area contributed by atoms with Crippen LogP contribution < -0.4 is 5.73 Å². The molecule has 0 amide bonds. The van der Waals surface area contributed by atoms with Gasteiger partial charge in [0, 0.05) is 11.8 Å². The van der Waals surface area contributed by atoms with Gasteiger partial charge < -0.3 is 5.73 Å². The summed E-state index contributed by atoms with van der Waals surface area (Å²) in [6.45, 7) is 0. The van der Waals surface area contributed by atoms with Crippen molar-refractivity contribution in [2.75, 3.05) is 5.73 Å². The maximum absolute atomic E-state index is 5.68. The fourth-order valence-electron chi connectivity index (χ4n) is 1.59. The molecule has 6 nitrogen and oxygen atoms in total. The van der Waals surface area contributed by atoms with Crippen LogP contribution in [0, 0.1) is 0 Å². The van der Waals surface area contributed by atoms with Gasteiger partial charge in [0.1, 0.15) is 0 Å². The van der Waals surface area contributed by atoms with Gasteiger partial charge in [-0.3, -0.25) is 10.2 Å². The van der Waals surface area contributed by atoms with E-state index in [2.05, 4.69) is 25.4 Å². The van der Waals surface area contributed by atoms with Crippen molar-refractivity contribution < 1.29 is 0 Å². The Morgan fingerprint density at radius 3 is 2.59 bits per heavy atom. The third kappa shape index (κ3) is 1.65. The van der Waals surface area contributed by atoms with Crippen molar-refractivity contribution in [2.45, 2.75) is 0 Å². The van der Waals surface area contributed by atoms with Crippen LogP contribution in [0.3, 0.4) is 0 Å². The van der Waals surface area contributed by atoms with Crippen molar-refractivity contribution >= 4 is 5.82 Å². The summed E-state index contributed by atoms with van der Waals surface area (Å²) in [4.78, 5) is 4.38. The maximum Gasteiger partial charge on any atom is 0.186 e. The molecule has 3 aromatic rings. The van der Waals surface area contributed by atoms with Gasteiger partial charge in [-0.2, -0.15) is 10.2 Å². The first-order chi connectivity index (χ1) is 8.34. The van der Waals surface area contributed by atoms with Crippen LogP contribution in [-0.4, -0.2) is 25.4 Å². The van der Waals surface area contributed by atoms with Crippen LogP contribution in [0.2, 0.25) is 0 Å². The summed E-state index contributed by atoms with van der Waals surface area (Å²) < 4.78 is 0. The van der Waals surface area contributed by atoms with Gasteiger partial charge in [0.05, 0.1) is 5.56 Å². The summed E-state index contributed by atoms with van der Waals surface area (Å²) in [6.07, 6.45) is 1.67. The number of benzene rings is 1. The number of hydrogen-bond acceptors (Lipinski definition) is 4. The van der Waals surface area contributed by atoms with Gasteiger partial charge >= 0.3 is 0 Å². The van der Waals surface area contributed by atoms with Crippen LogP contribution in [0.15, 0.2) is 36.5 Å². The molecule has 0 saturated heterocycles. The van der Waals surface area contributed by atoms with Crippen molar-refractivity contribution in [1.82, 2.24) is 25.4 Å². The van der Waals surface area contributed by atoms with Gasteiger partial charge in [-0.05, 0) is 0 Å². The molecule has 2 aromatic heterocycles. The Morgan fingerprint density at radius 1 is 1.06 bits per heavy atom. The van der Waals surface area contributed by atoms with Gasteiger partial charge in [0.2, 0.25) is 0 Å². The minimum atomic E-state index is 0.392. The van der Waals surface area contributed by atoms with Crippen molar-refractivity contribution in [2.24, 2.45) is 0 Å². The minimum absolute atomic E-state index is 0.392. The SMILES string of the molecule is Nc1n[nH]cc1-c1n[nH]c(-c2ccccc2)n1. The van der Waals surface area contributed by atoms with E-state index >= 15 is 0 Å². The second kappa shape index (κ2) is 3.75. The Kier molecular flexibility index (Phi) is 2.11. The highest BCUT2D eigenvalue weighted by Gasteiger charge is 2.11. The topological polar surface area (TPSA) is 96.3 Å². The van der Waals surface area contributed by atoms with Crippen molar-refractivity contribution in [3.05, 3.63) is 36.5 Å². The zero-order chi connectivity index (χ0) is 11.7. The van der Waals surface area contributed by atoms with E-state index in [9.17, 15) is 0 Å². The fraction of sp³-hybridized carbons (Fsp3) is 0. The Morgan fingerprint density at radius 2 is 1.88 bits per heavy atom. The fourth-order valence-corrected chi connectivity index (χ4v) is 1.59. The number of aromatic amines is 2. The quantitative estimate of drug-likeness (QED) is 0.616. The van der Waals surface area contributed by atoms with E-state index in [4.69, 9.17) is 5.73 Å². The van der Waals surface area contributed by atoms with Gasteiger partial charge in [0.25, 0.3) is 0 Å². The Hall–Kier alpha value is -2.63. The predicted molar refractivity (Wildman–Crippen MR) is 63.8 cm³/mol. The molecule has 0 aliphatic carbocycles. The lowest BCUT2D eigenvalue weighted by Crippen LogP contribution is -1.88. The molecule has 0 aliphatic heterocycles. The highest BCUT2D eigenvalue weighted by atomic mass is 15.2. The molecule has 0 fully saturated rings. The average Bonchev–Trinajstić information content (AvgIpc) is 2.98. The molecule has 6 heteroatoms. The van der Waals surface area contributed by atoms with Crippen LogP contribution in [0.1, 0.15) is 0 Å². The first-order valence-corrected chi connectivity index (χ1v) is 5.12. The van der Waals surface area contributed by atoms with Crippen LogP contribution in [0.25, 0.3) is 22.8 Å². The zero-order valence-corrected chi connectivity index (χ0v) is 8.88. The standard InChI is InChI=1S/C11H10N6/c12-9-8(6-13-15-9)11-14-10(16-17-11)7-4-2-1-3-5-7/h1-6H,(H3,12,13,15)(H,14,16,17). The van der Waals surface area contributed by atoms with E-state index in [0.29, 0.717) is 23.0 Å². The second-order valence-corrected chi connectivity index (χ2v) is 3.56. The summed E-state index contributed by atoms with van der Waals surface area (Å²) in [5.41, 5.74) is 7.36. The molecular formula is C11H10N6. The predicted octanol–water partition coefficient (Wildman–Crippen LogP) is 1.44. The second-order valence-electron chi connectivity index (χ2n) is 3.56. The first kappa shape index (κ1) is 9.59. The molecule has 2 heterocycles. The normalized spacial score (nSPS) is 10.6. The molecule has 0 aliphatic rings. The third-order valence-electron chi connectivity index (χ3n) is 2.44. The van der Waals surface area contributed by atoms with E-state index in [1.807, 2.05) is 30.3 Å². The number of nitrogens with zero attached hydrogens (tertiary/aromatic N) is 3. The number of H-pyrrole nitrogens is 2. The van der Waals surface area contributed by atoms with Gasteiger partial charge in [-0.1, -0.05) is 30.3 Å². The van der Waals surface area contributed by atoms with Crippen LogP contribution in [0.4, 0.5) is 5.82 Å². The van der Waals surface area contributed by atoms with Crippen molar-refractivity contribution in [3.63, 3.8) is 0 Å². The van der Waals surface area contributed by atoms with Crippen molar-refractivity contribution in [1.29, 1.82) is 0 Å². The summed E-state index contributed by atoms with van der Waals surface area (Å²) in [5, 5.41) is 13.5. The highest BCUT2D eigenvalue weighted by molar-refractivity contribution is 5.68. The maximum atomic E-state index is 5.68. The smallest absolute Gasteiger partial charge is 0.186 e. The van der Waals surface area contributed by atoms with Gasteiger partial charge in [0.15, 0.2) is 17.5 Å². The Balaban J connectivity index is 2.02. The molecular weight excluding hydrogens is 216 g/mol. The molecule has 0 atom stereocenters. The molecule has 1 aromatic carbocycles.